The number of ether oxygens (including phenoxy) is 2. The molecule has 0 fully saturated rings. The zero-order valence-electron chi connectivity index (χ0n) is 11.8. The van der Waals surface area contributed by atoms with Crippen molar-refractivity contribution in [3.63, 3.8) is 0 Å². The van der Waals surface area contributed by atoms with E-state index in [0.29, 0.717) is 24.5 Å². The predicted octanol–water partition coefficient (Wildman–Crippen LogP) is 1.80. The monoisotopic (exact) mass is 291 g/mol. The van der Waals surface area contributed by atoms with Gasteiger partial charge >= 0.3 is 0 Å². The molecule has 5 nitrogen and oxygen atoms in total. The average Bonchev–Trinajstić information content (AvgIpc) is 2.51. The van der Waals surface area contributed by atoms with Crippen LogP contribution in [-0.4, -0.2) is 25.3 Å². The topological polar surface area (TPSA) is 69.4 Å². The van der Waals surface area contributed by atoms with Crippen molar-refractivity contribution in [1.29, 1.82) is 0 Å². The molecular weight excluding hydrogens is 273 g/mol. The van der Waals surface area contributed by atoms with Crippen molar-refractivity contribution < 1.29 is 13.9 Å². The Hall–Kier alpha value is -2.02. The van der Waals surface area contributed by atoms with E-state index in [1.54, 1.807) is 13.2 Å². The van der Waals surface area contributed by atoms with Crippen LogP contribution in [0.25, 0.3) is 0 Å². The highest BCUT2D eigenvalue weighted by Gasteiger charge is 2.21. The summed E-state index contributed by atoms with van der Waals surface area (Å²) in [5.74, 6) is 5.78. The second kappa shape index (κ2) is 7.68. The number of methoxy groups -OCH3 is 1. The fourth-order valence-electron chi connectivity index (χ4n) is 2.01. The number of para-hydroxylation sites is 1. The smallest absolute Gasteiger partial charge is 0.146 e. The SMILES string of the molecule is COCCOc1ccccc1C(NN)c1ncccc1F. The van der Waals surface area contributed by atoms with Gasteiger partial charge in [0.05, 0.1) is 18.3 Å². The third-order valence-corrected chi connectivity index (χ3v) is 3.00. The van der Waals surface area contributed by atoms with Gasteiger partial charge in [0, 0.05) is 18.9 Å². The van der Waals surface area contributed by atoms with Crippen LogP contribution in [0.4, 0.5) is 4.39 Å². The number of hydrazine groups is 1. The molecule has 0 saturated carbocycles. The van der Waals surface area contributed by atoms with Crippen molar-refractivity contribution in [2.45, 2.75) is 6.04 Å². The molecule has 1 heterocycles. The molecule has 21 heavy (non-hydrogen) atoms. The summed E-state index contributed by atoms with van der Waals surface area (Å²) < 4.78 is 24.5. The van der Waals surface area contributed by atoms with Gasteiger partial charge in [-0.2, -0.15) is 0 Å². The first-order valence-corrected chi connectivity index (χ1v) is 6.55. The third-order valence-electron chi connectivity index (χ3n) is 3.00. The molecule has 0 spiro atoms. The van der Waals surface area contributed by atoms with Crippen LogP contribution in [0.1, 0.15) is 17.3 Å². The van der Waals surface area contributed by atoms with Crippen LogP contribution in [0.5, 0.6) is 5.75 Å². The molecule has 2 aromatic rings. The number of nitrogens with zero attached hydrogens (tertiary/aromatic N) is 1. The van der Waals surface area contributed by atoms with Crippen LogP contribution in [0, 0.1) is 5.82 Å². The lowest BCUT2D eigenvalue weighted by atomic mass is 10.0. The Morgan fingerprint density at radius 2 is 2.05 bits per heavy atom. The highest BCUT2D eigenvalue weighted by Crippen LogP contribution is 2.29. The fourth-order valence-corrected chi connectivity index (χ4v) is 2.01. The number of hydrogen-bond donors (Lipinski definition) is 2. The van der Waals surface area contributed by atoms with Gasteiger partial charge in [-0.3, -0.25) is 10.8 Å². The van der Waals surface area contributed by atoms with E-state index in [4.69, 9.17) is 15.3 Å². The Morgan fingerprint density at radius 1 is 1.24 bits per heavy atom. The molecule has 0 aliphatic heterocycles. The zero-order chi connectivity index (χ0) is 15.1. The lowest BCUT2D eigenvalue weighted by Crippen LogP contribution is -2.30. The average molecular weight is 291 g/mol. The van der Waals surface area contributed by atoms with Gasteiger partial charge < -0.3 is 9.47 Å². The molecule has 0 aliphatic rings. The van der Waals surface area contributed by atoms with Crippen molar-refractivity contribution in [3.8, 4) is 5.75 Å². The Balaban J connectivity index is 2.32. The van der Waals surface area contributed by atoms with E-state index in [9.17, 15) is 4.39 Å². The summed E-state index contributed by atoms with van der Waals surface area (Å²) in [6.45, 7) is 0.864. The van der Waals surface area contributed by atoms with Crippen LogP contribution in [0.2, 0.25) is 0 Å². The van der Waals surface area contributed by atoms with E-state index in [1.807, 2.05) is 18.2 Å². The molecule has 6 heteroatoms. The van der Waals surface area contributed by atoms with E-state index >= 15 is 0 Å². The number of nitrogens with two attached hydrogens (primary N) is 1. The molecule has 0 amide bonds. The van der Waals surface area contributed by atoms with Gasteiger partial charge in [-0.1, -0.05) is 18.2 Å². The highest BCUT2D eigenvalue weighted by molar-refractivity contribution is 5.40. The Morgan fingerprint density at radius 3 is 2.76 bits per heavy atom. The van der Waals surface area contributed by atoms with E-state index in [-0.39, 0.29) is 5.69 Å². The van der Waals surface area contributed by atoms with Crippen LogP contribution >= 0.6 is 0 Å². The number of nitrogens with one attached hydrogen (secondary N) is 1. The van der Waals surface area contributed by atoms with Gasteiger partial charge in [-0.25, -0.2) is 9.82 Å². The standard InChI is InChI=1S/C15H18FN3O2/c1-20-9-10-21-13-7-3-2-5-11(13)14(19-17)15-12(16)6-4-8-18-15/h2-8,14,19H,9-10,17H2,1H3. The van der Waals surface area contributed by atoms with Crippen LogP contribution in [-0.2, 0) is 4.74 Å². The zero-order valence-corrected chi connectivity index (χ0v) is 11.8. The summed E-state index contributed by atoms with van der Waals surface area (Å²) in [5.41, 5.74) is 3.53. The fraction of sp³-hybridized carbons (Fsp3) is 0.267. The van der Waals surface area contributed by atoms with Gasteiger partial charge in [-0.05, 0) is 18.2 Å². The molecule has 1 unspecified atom stereocenters. The van der Waals surface area contributed by atoms with Gasteiger partial charge in [0.1, 0.15) is 18.2 Å². The molecule has 1 aromatic carbocycles. The highest BCUT2D eigenvalue weighted by atomic mass is 19.1. The molecule has 112 valence electrons. The second-order valence-corrected chi connectivity index (χ2v) is 4.35. The van der Waals surface area contributed by atoms with Gasteiger partial charge in [-0.15, -0.1) is 0 Å². The number of benzene rings is 1. The van der Waals surface area contributed by atoms with E-state index in [2.05, 4.69) is 10.4 Å². The van der Waals surface area contributed by atoms with Crippen LogP contribution < -0.4 is 16.0 Å². The number of rotatable bonds is 7. The summed E-state index contributed by atoms with van der Waals surface area (Å²) in [6, 6.07) is 9.59. The normalized spacial score (nSPS) is 12.1. The lowest BCUT2D eigenvalue weighted by Gasteiger charge is -2.19. The Bertz CT molecular complexity index is 580. The minimum Gasteiger partial charge on any atom is -0.491 e. The van der Waals surface area contributed by atoms with Crippen molar-refractivity contribution in [1.82, 2.24) is 10.4 Å². The number of aromatic nitrogens is 1. The molecule has 1 aromatic heterocycles. The van der Waals surface area contributed by atoms with Crippen LogP contribution in [0.3, 0.4) is 0 Å². The summed E-state index contributed by atoms with van der Waals surface area (Å²) in [6.07, 6.45) is 1.52. The summed E-state index contributed by atoms with van der Waals surface area (Å²) in [7, 11) is 1.60. The maximum absolute atomic E-state index is 13.9. The minimum atomic E-state index is -0.593. The van der Waals surface area contributed by atoms with Crippen molar-refractivity contribution in [2.24, 2.45) is 5.84 Å². The van der Waals surface area contributed by atoms with Gasteiger partial charge in [0.15, 0.2) is 0 Å². The maximum Gasteiger partial charge on any atom is 0.146 e. The summed E-state index contributed by atoms with van der Waals surface area (Å²) in [5, 5.41) is 0. The number of hydrogen-bond acceptors (Lipinski definition) is 5. The van der Waals surface area contributed by atoms with Gasteiger partial charge in [0.25, 0.3) is 0 Å². The first-order valence-electron chi connectivity index (χ1n) is 6.55. The quantitative estimate of drug-likeness (QED) is 0.462. The largest absolute Gasteiger partial charge is 0.491 e. The molecule has 0 aliphatic carbocycles. The van der Waals surface area contributed by atoms with E-state index < -0.39 is 11.9 Å². The molecule has 3 N–H and O–H groups in total. The first kappa shape index (κ1) is 15.4. The van der Waals surface area contributed by atoms with E-state index in [1.165, 1.54) is 18.3 Å². The molecule has 0 radical (unpaired) electrons. The molecule has 2 rings (SSSR count). The molecule has 0 saturated heterocycles. The summed E-state index contributed by atoms with van der Waals surface area (Å²) >= 11 is 0. The third kappa shape index (κ3) is 3.75. The van der Waals surface area contributed by atoms with Gasteiger partial charge in [0.2, 0.25) is 0 Å². The number of halogens is 1. The van der Waals surface area contributed by atoms with Crippen LogP contribution in [0.15, 0.2) is 42.6 Å². The molecular formula is C15H18FN3O2. The summed E-state index contributed by atoms with van der Waals surface area (Å²) in [4.78, 5) is 4.07. The number of pyridine rings is 1. The predicted molar refractivity (Wildman–Crippen MR) is 77.2 cm³/mol. The Labute approximate surface area is 122 Å². The molecule has 0 bridgehead atoms. The maximum atomic E-state index is 13.9. The molecule has 1 atom stereocenters. The van der Waals surface area contributed by atoms with Crippen molar-refractivity contribution in [3.05, 3.63) is 59.7 Å². The van der Waals surface area contributed by atoms with Crippen molar-refractivity contribution >= 4 is 0 Å². The Kier molecular flexibility index (Phi) is 5.62. The van der Waals surface area contributed by atoms with E-state index in [0.717, 1.165) is 0 Å². The van der Waals surface area contributed by atoms with Crippen molar-refractivity contribution in [2.75, 3.05) is 20.3 Å². The first-order chi connectivity index (χ1) is 10.3. The second-order valence-electron chi connectivity index (χ2n) is 4.35. The lowest BCUT2D eigenvalue weighted by molar-refractivity contribution is 0.145. The minimum absolute atomic E-state index is 0.225.